The Morgan fingerprint density at radius 2 is 1.77 bits per heavy atom. The minimum Gasteiger partial charge on any atom is -0.396 e. The number of hydrogen-bond donors (Lipinski definition) is 1. The molecule has 0 radical (unpaired) electrons. The van der Waals surface area contributed by atoms with Crippen molar-refractivity contribution in [3.63, 3.8) is 0 Å². The summed E-state index contributed by atoms with van der Waals surface area (Å²) in [7, 11) is 0. The summed E-state index contributed by atoms with van der Waals surface area (Å²) in [4.78, 5) is 12.1. The SMILES string of the molecule is Cc1ccc(-c2ccc(C(=O)CCCCCO)cc2)c(Cl)c1. The summed E-state index contributed by atoms with van der Waals surface area (Å²) >= 11 is 6.28. The van der Waals surface area contributed by atoms with Crippen LogP contribution in [0.3, 0.4) is 0 Å². The van der Waals surface area contributed by atoms with E-state index in [9.17, 15) is 4.79 Å². The molecule has 0 aliphatic heterocycles. The van der Waals surface area contributed by atoms with Crippen LogP contribution in [0.1, 0.15) is 41.6 Å². The van der Waals surface area contributed by atoms with Gasteiger partial charge < -0.3 is 5.11 Å². The maximum atomic E-state index is 12.1. The molecular formula is C19H21ClO2. The van der Waals surface area contributed by atoms with Gasteiger partial charge in [-0.1, -0.05) is 54.4 Å². The fourth-order valence-electron chi connectivity index (χ4n) is 2.41. The van der Waals surface area contributed by atoms with E-state index in [0.29, 0.717) is 6.42 Å². The van der Waals surface area contributed by atoms with E-state index in [0.717, 1.165) is 46.5 Å². The van der Waals surface area contributed by atoms with Crippen molar-refractivity contribution in [3.05, 3.63) is 58.6 Å². The van der Waals surface area contributed by atoms with Crippen LogP contribution in [0.5, 0.6) is 0 Å². The highest BCUT2D eigenvalue weighted by molar-refractivity contribution is 6.33. The zero-order valence-electron chi connectivity index (χ0n) is 12.8. The van der Waals surface area contributed by atoms with E-state index in [2.05, 4.69) is 0 Å². The van der Waals surface area contributed by atoms with E-state index in [1.165, 1.54) is 0 Å². The summed E-state index contributed by atoms with van der Waals surface area (Å²) in [5, 5.41) is 9.46. The van der Waals surface area contributed by atoms with Crippen molar-refractivity contribution in [2.45, 2.75) is 32.6 Å². The molecule has 2 aromatic rings. The Morgan fingerprint density at radius 1 is 1.05 bits per heavy atom. The molecule has 0 amide bonds. The van der Waals surface area contributed by atoms with Gasteiger partial charge in [0, 0.05) is 29.2 Å². The average Bonchev–Trinajstić information content (AvgIpc) is 2.52. The molecule has 0 aromatic heterocycles. The van der Waals surface area contributed by atoms with Gasteiger partial charge in [-0.2, -0.15) is 0 Å². The summed E-state index contributed by atoms with van der Waals surface area (Å²) < 4.78 is 0. The second-order valence-corrected chi connectivity index (χ2v) is 5.93. The molecule has 0 atom stereocenters. The second kappa shape index (κ2) is 8.11. The Labute approximate surface area is 136 Å². The number of aryl methyl sites for hydroxylation is 1. The first-order chi connectivity index (χ1) is 10.6. The number of aliphatic hydroxyl groups is 1. The van der Waals surface area contributed by atoms with Crippen molar-refractivity contribution in [2.24, 2.45) is 0 Å². The van der Waals surface area contributed by atoms with Crippen molar-refractivity contribution in [1.29, 1.82) is 0 Å². The van der Waals surface area contributed by atoms with Crippen molar-refractivity contribution >= 4 is 17.4 Å². The standard InChI is InChI=1S/C19H21ClO2/c1-14-6-11-17(18(20)13-14)15-7-9-16(10-8-15)19(22)5-3-2-4-12-21/h6-11,13,21H,2-5,12H2,1H3. The molecule has 0 fully saturated rings. The second-order valence-electron chi connectivity index (χ2n) is 5.52. The van der Waals surface area contributed by atoms with Crippen LogP contribution in [0.25, 0.3) is 11.1 Å². The topological polar surface area (TPSA) is 37.3 Å². The molecule has 2 nitrogen and oxygen atoms in total. The van der Waals surface area contributed by atoms with Crippen LogP contribution in [0.4, 0.5) is 0 Å². The quantitative estimate of drug-likeness (QED) is 0.573. The van der Waals surface area contributed by atoms with Crippen molar-refractivity contribution < 1.29 is 9.90 Å². The Balaban J connectivity index is 2.05. The Kier molecular flexibility index (Phi) is 6.17. The minimum absolute atomic E-state index is 0.152. The number of aliphatic hydroxyl groups excluding tert-OH is 1. The van der Waals surface area contributed by atoms with E-state index in [1.807, 2.05) is 49.4 Å². The summed E-state index contributed by atoms with van der Waals surface area (Å²) in [5.74, 6) is 0.152. The van der Waals surface area contributed by atoms with Crippen molar-refractivity contribution in [1.82, 2.24) is 0 Å². The number of halogens is 1. The molecule has 1 N–H and O–H groups in total. The van der Waals surface area contributed by atoms with Gasteiger partial charge >= 0.3 is 0 Å². The van der Waals surface area contributed by atoms with Crippen LogP contribution >= 0.6 is 11.6 Å². The minimum atomic E-state index is 0.152. The molecular weight excluding hydrogens is 296 g/mol. The molecule has 3 heteroatoms. The van der Waals surface area contributed by atoms with Gasteiger partial charge in [0.2, 0.25) is 0 Å². The average molecular weight is 317 g/mol. The fourth-order valence-corrected chi connectivity index (χ4v) is 2.75. The first-order valence-corrected chi connectivity index (χ1v) is 8.00. The molecule has 0 saturated carbocycles. The third-order valence-corrected chi connectivity index (χ3v) is 4.02. The number of benzene rings is 2. The van der Waals surface area contributed by atoms with Crippen LogP contribution in [-0.4, -0.2) is 17.5 Å². The van der Waals surface area contributed by atoms with E-state index in [4.69, 9.17) is 16.7 Å². The zero-order valence-corrected chi connectivity index (χ0v) is 13.6. The normalized spacial score (nSPS) is 10.7. The molecule has 0 saturated heterocycles. The van der Waals surface area contributed by atoms with Gasteiger partial charge in [0.15, 0.2) is 5.78 Å². The van der Waals surface area contributed by atoms with E-state index >= 15 is 0 Å². The van der Waals surface area contributed by atoms with Gasteiger partial charge in [0.25, 0.3) is 0 Å². The van der Waals surface area contributed by atoms with E-state index in [-0.39, 0.29) is 12.4 Å². The lowest BCUT2D eigenvalue weighted by Crippen LogP contribution is -1.99. The predicted molar refractivity (Wildman–Crippen MR) is 91.5 cm³/mol. The zero-order chi connectivity index (χ0) is 15.9. The highest BCUT2D eigenvalue weighted by Crippen LogP contribution is 2.29. The van der Waals surface area contributed by atoms with E-state index in [1.54, 1.807) is 0 Å². The molecule has 22 heavy (non-hydrogen) atoms. The van der Waals surface area contributed by atoms with Gasteiger partial charge in [-0.3, -0.25) is 4.79 Å². The molecule has 0 aliphatic carbocycles. The predicted octanol–water partition coefficient (Wildman–Crippen LogP) is 5.05. The van der Waals surface area contributed by atoms with Crippen LogP contribution < -0.4 is 0 Å². The number of rotatable bonds is 7. The van der Waals surface area contributed by atoms with Crippen LogP contribution in [0, 0.1) is 6.92 Å². The number of ketones is 1. The number of Topliss-reactive ketones (excluding diaryl/α,β-unsaturated/α-hetero) is 1. The summed E-state index contributed by atoms with van der Waals surface area (Å²) in [5.41, 5.74) is 3.86. The molecule has 2 rings (SSSR count). The lowest BCUT2D eigenvalue weighted by molar-refractivity contribution is 0.0978. The highest BCUT2D eigenvalue weighted by atomic mass is 35.5. The molecule has 0 bridgehead atoms. The maximum Gasteiger partial charge on any atom is 0.162 e. The monoisotopic (exact) mass is 316 g/mol. The van der Waals surface area contributed by atoms with Crippen molar-refractivity contribution in [3.8, 4) is 11.1 Å². The molecule has 116 valence electrons. The third kappa shape index (κ3) is 4.43. The number of carbonyl (C=O) groups excluding carboxylic acids is 1. The van der Waals surface area contributed by atoms with Gasteiger partial charge in [-0.05, 0) is 37.0 Å². The molecule has 2 aromatic carbocycles. The summed E-state index contributed by atoms with van der Waals surface area (Å²) in [6.45, 7) is 2.20. The maximum absolute atomic E-state index is 12.1. The lowest BCUT2D eigenvalue weighted by atomic mass is 9.99. The fraction of sp³-hybridized carbons (Fsp3) is 0.316. The van der Waals surface area contributed by atoms with E-state index < -0.39 is 0 Å². The molecule has 0 heterocycles. The van der Waals surface area contributed by atoms with Gasteiger partial charge in [0.1, 0.15) is 0 Å². The number of carbonyl (C=O) groups is 1. The molecule has 0 unspecified atom stereocenters. The first kappa shape index (κ1) is 16.7. The van der Waals surface area contributed by atoms with Crippen LogP contribution in [0.15, 0.2) is 42.5 Å². The summed E-state index contributed by atoms with van der Waals surface area (Å²) in [6.07, 6.45) is 3.01. The lowest BCUT2D eigenvalue weighted by Gasteiger charge is -2.07. The first-order valence-electron chi connectivity index (χ1n) is 7.62. The largest absolute Gasteiger partial charge is 0.396 e. The Hall–Kier alpha value is -1.64. The van der Waals surface area contributed by atoms with Crippen LogP contribution in [0.2, 0.25) is 5.02 Å². The van der Waals surface area contributed by atoms with Crippen LogP contribution in [-0.2, 0) is 0 Å². The molecule has 0 aliphatic rings. The van der Waals surface area contributed by atoms with Gasteiger partial charge in [-0.15, -0.1) is 0 Å². The molecule has 0 spiro atoms. The smallest absolute Gasteiger partial charge is 0.162 e. The van der Waals surface area contributed by atoms with Crippen molar-refractivity contribution in [2.75, 3.05) is 6.61 Å². The number of hydrogen-bond acceptors (Lipinski definition) is 2. The van der Waals surface area contributed by atoms with Gasteiger partial charge in [0.05, 0.1) is 0 Å². The third-order valence-electron chi connectivity index (χ3n) is 3.70. The summed E-state index contributed by atoms with van der Waals surface area (Å²) in [6, 6.07) is 13.6. The Bertz CT molecular complexity index is 632. The Morgan fingerprint density at radius 3 is 2.41 bits per heavy atom. The number of unbranched alkanes of at least 4 members (excludes halogenated alkanes) is 2. The highest BCUT2D eigenvalue weighted by Gasteiger charge is 2.08. The van der Waals surface area contributed by atoms with Gasteiger partial charge in [-0.25, -0.2) is 0 Å².